The molecule has 0 bridgehead atoms. The minimum Gasteiger partial charge on any atom is -0.465 e. The Labute approximate surface area is 111 Å². The summed E-state index contributed by atoms with van der Waals surface area (Å²) in [6.45, 7) is 5.75. The van der Waals surface area contributed by atoms with Crippen LogP contribution in [0.15, 0.2) is 0 Å². The molecule has 0 saturated carbocycles. The summed E-state index contributed by atoms with van der Waals surface area (Å²) >= 11 is 1.04. The smallest absolute Gasteiger partial charge is 0.389 e. The van der Waals surface area contributed by atoms with Gasteiger partial charge in [-0.1, -0.05) is 20.3 Å². The predicted molar refractivity (Wildman–Crippen MR) is 67.7 cm³/mol. The number of esters is 1. The van der Waals surface area contributed by atoms with Gasteiger partial charge in [0.05, 0.1) is 13.0 Å². The molecule has 1 unspecified atom stereocenters. The minimum atomic E-state index is -4.17. The lowest BCUT2D eigenvalue weighted by Crippen LogP contribution is -2.34. The molecule has 0 aliphatic carbocycles. The number of rotatable bonds is 8. The predicted octanol–water partition coefficient (Wildman–Crippen LogP) is 4.18. The molecule has 2 nitrogen and oxygen atoms in total. The van der Waals surface area contributed by atoms with Crippen molar-refractivity contribution in [3.63, 3.8) is 0 Å². The van der Waals surface area contributed by atoms with Gasteiger partial charge in [0, 0.05) is 5.75 Å². The maximum absolute atomic E-state index is 12.1. The zero-order valence-corrected chi connectivity index (χ0v) is 11.9. The van der Waals surface area contributed by atoms with Crippen LogP contribution in [0.25, 0.3) is 0 Å². The Morgan fingerprint density at radius 2 is 1.78 bits per heavy atom. The number of halogens is 3. The molecule has 0 rings (SSSR count). The van der Waals surface area contributed by atoms with Crippen LogP contribution in [0.3, 0.4) is 0 Å². The maximum Gasteiger partial charge on any atom is 0.389 e. The van der Waals surface area contributed by atoms with Gasteiger partial charge in [-0.05, 0) is 19.8 Å². The van der Waals surface area contributed by atoms with Crippen LogP contribution >= 0.6 is 11.8 Å². The van der Waals surface area contributed by atoms with E-state index in [0.717, 1.165) is 18.2 Å². The molecular formula is C12H21F3O2S. The molecule has 0 aromatic carbocycles. The average Bonchev–Trinajstić information content (AvgIpc) is 2.24. The van der Waals surface area contributed by atoms with Crippen molar-refractivity contribution in [2.24, 2.45) is 0 Å². The zero-order valence-electron chi connectivity index (χ0n) is 11.1. The summed E-state index contributed by atoms with van der Waals surface area (Å²) in [7, 11) is 0. The van der Waals surface area contributed by atoms with Crippen LogP contribution < -0.4 is 0 Å². The number of alkyl halides is 3. The highest BCUT2D eigenvalue weighted by molar-refractivity contribution is 8.01. The first kappa shape index (κ1) is 17.6. The Hall–Kier alpha value is -0.390. The van der Waals surface area contributed by atoms with Gasteiger partial charge in [0.1, 0.15) is 4.75 Å². The SMILES string of the molecule is CCCOC(=O)C(C)(CCC)SCCC(F)(F)F. The van der Waals surface area contributed by atoms with Crippen LogP contribution in [0.2, 0.25) is 0 Å². The number of carbonyl (C=O) groups is 1. The standard InChI is InChI=1S/C12H21F3O2S/c1-4-6-11(3,10(16)17-8-5-2)18-9-7-12(13,14)15/h4-9H2,1-3H3. The second kappa shape index (κ2) is 7.92. The van der Waals surface area contributed by atoms with E-state index in [-0.39, 0.29) is 5.75 Å². The molecule has 0 spiro atoms. The molecular weight excluding hydrogens is 265 g/mol. The fourth-order valence-corrected chi connectivity index (χ4v) is 2.76. The largest absolute Gasteiger partial charge is 0.465 e. The minimum absolute atomic E-state index is 0.110. The van der Waals surface area contributed by atoms with E-state index >= 15 is 0 Å². The van der Waals surface area contributed by atoms with Gasteiger partial charge in [0.2, 0.25) is 0 Å². The maximum atomic E-state index is 12.1. The van der Waals surface area contributed by atoms with Crippen molar-refractivity contribution in [2.45, 2.75) is 57.4 Å². The fourth-order valence-electron chi connectivity index (χ4n) is 1.45. The van der Waals surface area contributed by atoms with E-state index in [1.165, 1.54) is 0 Å². The number of thioether (sulfide) groups is 1. The number of carbonyl (C=O) groups excluding carboxylic acids is 1. The van der Waals surface area contributed by atoms with Crippen molar-refractivity contribution >= 4 is 17.7 Å². The number of hydrogen-bond donors (Lipinski definition) is 0. The highest BCUT2D eigenvalue weighted by Crippen LogP contribution is 2.34. The molecule has 1 atom stereocenters. The third-order valence-corrected chi connectivity index (χ3v) is 3.82. The van der Waals surface area contributed by atoms with E-state index in [1.807, 2.05) is 13.8 Å². The molecule has 0 amide bonds. The van der Waals surface area contributed by atoms with Gasteiger partial charge in [-0.3, -0.25) is 4.79 Å². The lowest BCUT2D eigenvalue weighted by Gasteiger charge is -2.26. The molecule has 0 N–H and O–H groups in total. The quantitative estimate of drug-likeness (QED) is 0.626. The molecule has 0 aromatic rings. The fraction of sp³-hybridized carbons (Fsp3) is 0.917. The van der Waals surface area contributed by atoms with Crippen LogP contribution in [0.4, 0.5) is 13.2 Å². The first-order valence-electron chi connectivity index (χ1n) is 6.13. The van der Waals surface area contributed by atoms with Crippen LogP contribution in [0.1, 0.15) is 46.5 Å². The van der Waals surface area contributed by atoms with Crippen LogP contribution in [-0.4, -0.2) is 29.3 Å². The second-order valence-electron chi connectivity index (χ2n) is 4.33. The van der Waals surface area contributed by atoms with Gasteiger partial charge in [0.15, 0.2) is 0 Å². The van der Waals surface area contributed by atoms with Crippen molar-refractivity contribution in [1.82, 2.24) is 0 Å². The molecule has 108 valence electrons. The second-order valence-corrected chi connectivity index (χ2v) is 5.93. The monoisotopic (exact) mass is 286 g/mol. The molecule has 0 saturated heterocycles. The zero-order chi connectivity index (χ0) is 14.2. The molecule has 18 heavy (non-hydrogen) atoms. The summed E-state index contributed by atoms with van der Waals surface area (Å²) < 4.78 is 40.5. The molecule has 6 heteroatoms. The van der Waals surface area contributed by atoms with Gasteiger partial charge in [-0.2, -0.15) is 13.2 Å². The summed E-state index contributed by atoms with van der Waals surface area (Å²) in [5.41, 5.74) is 0. The van der Waals surface area contributed by atoms with E-state index < -0.39 is 23.3 Å². The Balaban J connectivity index is 4.37. The van der Waals surface area contributed by atoms with E-state index in [2.05, 4.69) is 0 Å². The van der Waals surface area contributed by atoms with Crippen LogP contribution in [0.5, 0.6) is 0 Å². The van der Waals surface area contributed by atoms with E-state index in [0.29, 0.717) is 19.4 Å². The molecule has 0 aromatic heterocycles. The Morgan fingerprint density at radius 3 is 2.22 bits per heavy atom. The molecule has 0 radical (unpaired) electrons. The van der Waals surface area contributed by atoms with E-state index in [9.17, 15) is 18.0 Å². The number of hydrogen-bond acceptors (Lipinski definition) is 3. The van der Waals surface area contributed by atoms with Gasteiger partial charge >= 0.3 is 12.1 Å². The highest BCUT2D eigenvalue weighted by Gasteiger charge is 2.36. The number of ether oxygens (including phenoxy) is 1. The summed E-state index contributed by atoms with van der Waals surface area (Å²) in [6, 6.07) is 0. The summed E-state index contributed by atoms with van der Waals surface area (Å²) in [6.07, 6.45) is -3.08. The summed E-state index contributed by atoms with van der Waals surface area (Å²) in [5.74, 6) is -0.514. The van der Waals surface area contributed by atoms with Crippen molar-refractivity contribution in [3.8, 4) is 0 Å². The summed E-state index contributed by atoms with van der Waals surface area (Å²) in [4.78, 5) is 11.8. The van der Waals surface area contributed by atoms with Gasteiger partial charge in [0.25, 0.3) is 0 Å². The third-order valence-electron chi connectivity index (χ3n) is 2.40. The lowest BCUT2D eigenvalue weighted by atomic mass is 10.1. The van der Waals surface area contributed by atoms with Crippen LogP contribution in [-0.2, 0) is 9.53 Å². The summed E-state index contributed by atoms with van der Waals surface area (Å²) in [5, 5.41) is 0. The molecule has 0 aliphatic rings. The van der Waals surface area contributed by atoms with Crippen LogP contribution in [0, 0.1) is 0 Å². The van der Waals surface area contributed by atoms with E-state index in [1.54, 1.807) is 6.92 Å². The lowest BCUT2D eigenvalue weighted by molar-refractivity contribution is -0.146. The molecule has 0 fully saturated rings. The van der Waals surface area contributed by atoms with Gasteiger partial charge in [-0.25, -0.2) is 0 Å². The van der Waals surface area contributed by atoms with Crippen molar-refractivity contribution in [3.05, 3.63) is 0 Å². The first-order chi connectivity index (χ1) is 8.25. The van der Waals surface area contributed by atoms with Crippen molar-refractivity contribution in [1.29, 1.82) is 0 Å². The van der Waals surface area contributed by atoms with Crippen molar-refractivity contribution < 1.29 is 22.7 Å². The normalized spacial score (nSPS) is 15.2. The third kappa shape index (κ3) is 7.13. The Kier molecular flexibility index (Phi) is 7.75. The van der Waals surface area contributed by atoms with Crippen molar-refractivity contribution in [2.75, 3.05) is 12.4 Å². The topological polar surface area (TPSA) is 26.3 Å². The van der Waals surface area contributed by atoms with Gasteiger partial charge < -0.3 is 4.74 Å². The molecule has 0 aliphatic heterocycles. The first-order valence-corrected chi connectivity index (χ1v) is 7.11. The molecule has 0 heterocycles. The highest BCUT2D eigenvalue weighted by atomic mass is 32.2. The Bertz CT molecular complexity index is 256. The Morgan fingerprint density at radius 1 is 1.17 bits per heavy atom. The van der Waals surface area contributed by atoms with Gasteiger partial charge in [-0.15, -0.1) is 11.8 Å². The average molecular weight is 286 g/mol. The van der Waals surface area contributed by atoms with E-state index in [4.69, 9.17) is 4.74 Å².